The molecular weight excluding hydrogens is 826 g/mol. The number of thiophene rings is 2. The summed E-state index contributed by atoms with van der Waals surface area (Å²) in [7, 11) is 0. The molecule has 0 aliphatic carbocycles. The minimum absolute atomic E-state index is 0.130. The summed E-state index contributed by atoms with van der Waals surface area (Å²) in [5.41, 5.74) is 16.6. The monoisotopic (exact) mass is 852 g/mol. The molecule has 62 heavy (non-hydrogen) atoms. The van der Waals surface area contributed by atoms with Crippen molar-refractivity contribution in [2.75, 3.05) is 0 Å². The SMILES string of the molecule is c1cc2c3c(c1)-n1c4c(cccc4c4ccc5sc6ccccc6c5c41)B3c1cc3c(cc1S2)Sc1cccc2c1B3c1cccc3c4ccc5sc6ccccc6c5c4n-2c13. The molecule has 4 aliphatic rings. The maximum atomic E-state index is 2.66. The predicted molar refractivity (Wildman–Crippen MR) is 271 cm³/mol. The molecule has 8 heterocycles. The molecule has 0 N–H and O–H groups in total. The lowest BCUT2D eigenvalue weighted by atomic mass is 9.32. The van der Waals surface area contributed by atoms with Gasteiger partial charge in [0, 0.05) is 104 Å². The van der Waals surface area contributed by atoms with Gasteiger partial charge in [0.1, 0.15) is 0 Å². The molecule has 0 saturated carbocycles. The first kappa shape index (κ1) is 32.5. The van der Waals surface area contributed by atoms with E-state index in [-0.39, 0.29) is 13.4 Å². The molecule has 8 heteroatoms. The zero-order valence-corrected chi connectivity index (χ0v) is 36.0. The second-order valence-corrected chi connectivity index (χ2v) is 21.7. The predicted octanol–water partition coefficient (Wildman–Crippen LogP) is 11.2. The number of rotatable bonds is 0. The minimum atomic E-state index is 0.130. The summed E-state index contributed by atoms with van der Waals surface area (Å²) < 4.78 is 10.7. The van der Waals surface area contributed by atoms with Crippen LogP contribution in [0.1, 0.15) is 0 Å². The standard InChI is InChI=1S/C54H26B2N2S4/c1-3-17-39-31(9-1)47-41(59-39)23-21-29-27-11-5-13-33-51(27)57(53(29)47)37-15-7-19-43-49(37)55(33)35-25-36-46(26-45(35)61-43)62-44-20-8-16-38-50(44)56(36)34-14-6-12-28-30-22-24-42-48(54(30)58(38)52(28)34)32-10-2-4-18-40(32)60-42/h1-26H. The minimum Gasteiger partial charge on any atom is -0.310 e. The Bertz CT molecular complexity index is 4050. The van der Waals surface area contributed by atoms with Crippen molar-refractivity contribution >= 4 is 176 Å². The Balaban J connectivity index is 0.956. The van der Waals surface area contributed by atoms with E-state index in [1.807, 2.05) is 46.2 Å². The molecule has 9 aromatic carbocycles. The zero-order valence-electron chi connectivity index (χ0n) is 32.7. The highest BCUT2D eigenvalue weighted by Gasteiger charge is 2.44. The van der Waals surface area contributed by atoms with Gasteiger partial charge in [0.25, 0.3) is 0 Å². The van der Waals surface area contributed by atoms with Crippen LogP contribution in [0.2, 0.25) is 0 Å². The Kier molecular flexibility index (Phi) is 5.81. The van der Waals surface area contributed by atoms with Crippen molar-refractivity contribution in [1.29, 1.82) is 0 Å². The van der Waals surface area contributed by atoms with Gasteiger partial charge in [-0.25, -0.2) is 0 Å². The maximum absolute atomic E-state index is 2.66. The van der Waals surface area contributed by atoms with Crippen molar-refractivity contribution in [3.8, 4) is 11.4 Å². The highest BCUT2D eigenvalue weighted by atomic mass is 32.2. The van der Waals surface area contributed by atoms with E-state index in [9.17, 15) is 0 Å². The van der Waals surface area contributed by atoms with Gasteiger partial charge in [-0.15, -0.1) is 22.7 Å². The summed E-state index contributed by atoms with van der Waals surface area (Å²) >= 11 is 7.76. The summed E-state index contributed by atoms with van der Waals surface area (Å²) in [5.74, 6) is 0. The first-order valence-electron chi connectivity index (χ1n) is 21.3. The largest absolute Gasteiger partial charge is 0.310 e. The average Bonchev–Trinajstić information content (AvgIpc) is 4.07. The van der Waals surface area contributed by atoms with E-state index in [1.165, 1.54) is 148 Å². The van der Waals surface area contributed by atoms with Crippen LogP contribution in [0.25, 0.3) is 95.3 Å². The van der Waals surface area contributed by atoms with Gasteiger partial charge in [-0.05, 0) is 76.4 Å². The molecule has 0 radical (unpaired) electrons. The van der Waals surface area contributed by atoms with Gasteiger partial charge in [-0.2, -0.15) is 0 Å². The van der Waals surface area contributed by atoms with Crippen molar-refractivity contribution in [2.24, 2.45) is 0 Å². The summed E-state index contributed by atoms with van der Waals surface area (Å²) in [6, 6.07) is 61.0. The molecule has 4 aromatic heterocycles. The van der Waals surface area contributed by atoms with Gasteiger partial charge < -0.3 is 9.13 Å². The van der Waals surface area contributed by atoms with Crippen molar-refractivity contribution in [1.82, 2.24) is 9.13 Å². The fourth-order valence-electron chi connectivity index (χ4n) is 12.4. The van der Waals surface area contributed by atoms with E-state index < -0.39 is 0 Å². The highest BCUT2D eigenvalue weighted by Crippen LogP contribution is 2.47. The summed E-state index contributed by atoms with van der Waals surface area (Å²) in [6.07, 6.45) is 0. The van der Waals surface area contributed by atoms with Gasteiger partial charge in [0.05, 0.1) is 11.0 Å². The molecule has 0 saturated heterocycles. The van der Waals surface area contributed by atoms with Crippen molar-refractivity contribution in [3.05, 3.63) is 158 Å². The second kappa shape index (κ2) is 11.1. The van der Waals surface area contributed by atoms with E-state index in [0.29, 0.717) is 0 Å². The number of hydrogen-bond acceptors (Lipinski definition) is 4. The molecule has 282 valence electrons. The molecule has 17 rings (SSSR count). The molecule has 4 aliphatic heterocycles. The quantitative estimate of drug-likeness (QED) is 0.141. The third kappa shape index (κ3) is 3.69. The topological polar surface area (TPSA) is 9.86 Å². The van der Waals surface area contributed by atoms with Crippen LogP contribution in [0.3, 0.4) is 0 Å². The van der Waals surface area contributed by atoms with E-state index in [2.05, 4.69) is 167 Å². The lowest BCUT2D eigenvalue weighted by Crippen LogP contribution is -2.62. The summed E-state index contributed by atoms with van der Waals surface area (Å²) in [4.78, 5) is 5.50. The van der Waals surface area contributed by atoms with Crippen LogP contribution in [0.4, 0.5) is 0 Å². The van der Waals surface area contributed by atoms with Crippen LogP contribution in [0.5, 0.6) is 0 Å². The van der Waals surface area contributed by atoms with Gasteiger partial charge in [-0.3, -0.25) is 0 Å². The normalized spacial score (nSPS) is 14.3. The van der Waals surface area contributed by atoms with Crippen LogP contribution < -0.4 is 32.8 Å². The van der Waals surface area contributed by atoms with Crippen molar-refractivity contribution < 1.29 is 0 Å². The number of para-hydroxylation sites is 2. The fraction of sp³-hybridized carbons (Fsp3) is 0. The molecule has 13 aromatic rings. The van der Waals surface area contributed by atoms with Crippen LogP contribution >= 0.6 is 46.2 Å². The van der Waals surface area contributed by atoms with Gasteiger partial charge >= 0.3 is 0 Å². The molecule has 2 nitrogen and oxygen atoms in total. The molecule has 0 amide bonds. The number of fused-ring (bicyclic) bond motifs is 22. The first-order chi connectivity index (χ1) is 30.8. The molecule has 0 spiro atoms. The van der Waals surface area contributed by atoms with Crippen LogP contribution in [-0.2, 0) is 0 Å². The van der Waals surface area contributed by atoms with Crippen molar-refractivity contribution in [2.45, 2.75) is 19.6 Å². The number of hydrogen-bond donors (Lipinski definition) is 0. The van der Waals surface area contributed by atoms with Gasteiger partial charge in [-0.1, -0.05) is 138 Å². The Morgan fingerprint density at radius 2 is 0.774 bits per heavy atom. The molecule has 0 unspecified atom stereocenters. The van der Waals surface area contributed by atoms with E-state index in [1.54, 1.807) is 0 Å². The summed E-state index contributed by atoms with van der Waals surface area (Å²) in [5, 5.41) is 10.8. The molecule has 0 atom stereocenters. The van der Waals surface area contributed by atoms with Crippen molar-refractivity contribution in [3.63, 3.8) is 0 Å². The van der Waals surface area contributed by atoms with E-state index in [4.69, 9.17) is 0 Å². The molecular formula is C54H26B2N2S4. The smallest absolute Gasteiger partial charge is 0.249 e. The Morgan fingerprint density at radius 3 is 1.29 bits per heavy atom. The highest BCUT2D eigenvalue weighted by molar-refractivity contribution is 8.01. The van der Waals surface area contributed by atoms with E-state index >= 15 is 0 Å². The average molecular weight is 853 g/mol. The Hall–Kier alpha value is -6.15. The molecule has 0 bridgehead atoms. The Morgan fingerprint density at radius 1 is 0.323 bits per heavy atom. The first-order valence-corrected chi connectivity index (χ1v) is 24.6. The van der Waals surface area contributed by atoms with Gasteiger partial charge in [0.2, 0.25) is 13.4 Å². The number of benzene rings is 9. The summed E-state index contributed by atoms with van der Waals surface area (Å²) in [6.45, 7) is 0.260. The second-order valence-electron chi connectivity index (χ2n) is 17.4. The van der Waals surface area contributed by atoms with Gasteiger partial charge in [0.15, 0.2) is 0 Å². The van der Waals surface area contributed by atoms with E-state index in [0.717, 1.165) is 0 Å². The zero-order chi connectivity index (χ0) is 39.7. The van der Waals surface area contributed by atoms with Crippen LogP contribution in [0, 0.1) is 0 Å². The third-order valence-corrected chi connectivity index (χ3v) is 19.2. The van der Waals surface area contributed by atoms with Crippen LogP contribution in [-0.4, -0.2) is 22.6 Å². The third-order valence-electron chi connectivity index (χ3n) is 14.6. The fourth-order valence-corrected chi connectivity index (χ4v) is 17.0. The lowest BCUT2D eigenvalue weighted by Gasteiger charge is -2.37. The van der Waals surface area contributed by atoms with Crippen LogP contribution in [0.15, 0.2) is 177 Å². The maximum Gasteiger partial charge on any atom is 0.249 e. The Labute approximate surface area is 371 Å². The molecule has 0 fully saturated rings. The lowest BCUT2D eigenvalue weighted by molar-refractivity contribution is 1.17. The number of aromatic nitrogens is 2. The number of nitrogens with zero attached hydrogens (tertiary/aromatic N) is 2.